The molecule has 0 aliphatic carbocycles. The molecule has 1 aromatic carbocycles. The minimum absolute atomic E-state index is 0.290. The summed E-state index contributed by atoms with van der Waals surface area (Å²) >= 11 is 0. The van der Waals surface area contributed by atoms with Crippen molar-refractivity contribution in [1.82, 2.24) is 5.32 Å². The molecule has 0 saturated carbocycles. The topological polar surface area (TPSA) is 21.3 Å². The summed E-state index contributed by atoms with van der Waals surface area (Å²) in [6.07, 6.45) is 0.876. The smallest absolute Gasteiger partial charge is 0.165 e. The number of aryl methyl sites for hydroxylation is 1. The summed E-state index contributed by atoms with van der Waals surface area (Å²) in [6.45, 7) is 7.57. The van der Waals surface area contributed by atoms with Crippen LogP contribution >= 0.6 is 0 Å². The first kappa shape index (κ1) is 13.0. The van der Waals surface area contributed by atoms with Crippen LogP contribution in [-0.2, 0) is 0 Å². The molecule has 0 bridgehead atoms. The zero-order valence-electron chi connectivity index (χ0n) is 10.2. The summed E-state index contributed by atoms with van der Waals surface area (Å²) in [5, 5.41) is 3.28. The maximum absolute atomic E-state index is 13.3. The molecule has 1 unspecified atom stereocenters. The van der Waals surface area contributed by atoms with Gasteiger partial charge in [0.25, 0.3) is 0 Å². The third-order valence-electron chi connectivity index (χ3n) is 2.45. The molecule has 16 heavy (non-hydrogen) atoms. The van der Waals surface area contributed by atoms with Gasteiger partial charge in [-0.15, -0.1) is 0 Å². The first-order valence-electron chi connectivity index (χ1n) is 5.75. The van der Waals surface area contributed by atoms with E-state index in [2.05, 4.69) is 19.2 Å². The van der Waals surface area contributed by atoms with Crippen molar-refractivity contribution >= 4 is 0 Å². The molecule has 1 N–H and O–H groups in total. The third kappa shape index (κ3) is 4.19. The van der Waals surface area contributed by atoms with Crippen LogP contribution in [0.3, 0.4) is 0 Å². The molecule has 0 aliphatic rings. The lowest BCUT2D eigenvalue weighted by molar-refractivity contribution is 0.278. The summed E-state index contributed by atoms with van der Waals surface area (Å²) in [6, 6.07) is 5.31. The highest BCUT2D eigenvalue weighted by atomic mass is 19.1. The van der Waals surface area contributed by atoms with Crippen LogP contribution < -0.4 is 10.1 Å². The Labute approximate surface area is 96.8 Å². The molecule has 0 heterocycles. The van der Waals surface area contributed by atoms with E-state index in [1.165, 1.54) is 6.07 Å². The SMILES string of the molecule is CCNC(C)CCOc1cc(C)ccc1F. The van der Waals surface area contributed by atoms with Crippen molar-refractivity contribution in [2.75, 3.05) is 13.2 Å². The lowest BCUT2D eigenvalue weighted by Gasteiger charge is -2.13. The van der Waals surface area contributed by atoms with Gasteiger partial charge in [-0.05, 0) is 44.5 Å². The molecule has 0 radical (unpaired) electrons. The molecule has 0 aromatic heterocycles. The molecule has 0 spiro atoms. The lowest BCUT2D eigenvalue weighted by Crippen LogP contribution is -2.27. The van der Waals surface area contributed by atoms with Crippen LogP contribution in [0, 0.1) is 12.7 Å². The summed E-state index contributed by atoms with van der Waals surface area (Å²) in [5.41, 5.74) is 1.01. The van der Waals surface area contributed by atoms with Gasteiger partial charge >= 0.3 is 0 Å². The number of ether oxygens (including phenoxy) is 1. The van der Waals surface area contributed by atoms with Gasteiger partial charge in [0.05, 0.1) is 6.61 Å². The van der Waals surface area contributed by atoms with E-state index >= 15 is 0 Å². The Morgan fingerprint density at radius 3 is 2.88 bits per heavy atom. The number of hydrogen-bond donors (Lipinski definition) is 1. The van der Waals surface area contributed by atoms with Crippen LogP contribution in [0.15, 0.2) is 18.2 Å². The van der Waals surface area contributed by atoms with Crippen LogP contribution in [0.25, 0.3) is 0 Å². The second-order valence-corrected chi connectivity index (χ2v) is 4.03. The van der Waals surface area contributed by atoms with Crippen LogP contribution in [-0.4, -0.2) is 19.2 Å². The quantitative estimate of drug-likeness (QED) is 0.803. The molecule has 1 rings (SSSR count). The maximum Gasteiger partial charge on any atom is 0.165 e. The molecule has 1 aromatic rings. The van der Waals surface area contributed by atoms with Gasteiger partial charge in [0, 0.05) is 6.04 Å². The average molecular weight is 225 g/mol. The first-order chi connectivity index (χ1) is 7.63. The monoisotopic (exact) mass is 225 g/mol. The van der Waals surface area contributed by atoms with E-state index in [1.807, 2.05) is 6.92 Å². The van der Waals surface area contributed by atoms with Crippen molar-refractivity contribution in [2.24, 2.45) is 0 Å². The van der Waals surface area contributed by atoms with Crippen LogP contribution in [0.2, 0.25) is 0 Å². The average Bonchev–Trinajstić information content (AvgIpc) is 2.23. The lowest BCUT2D eigenvalue weighted by atomic mass is 10.2. The maximum atomic E-state index is 13.3. The second-order valence-electron chi connectivity index (χ2n) is 4.03. The molecular formula is C13H20FNO. The highest BCUT2D eigenvalue weighted by Crippen LogP contribution is 2.18. The fourth-order valence-corrected chi connectivity index (χ4v) is 1.52. The number of rotatable bonds is 6. The minimum Gasteiger partial charge on any atom is -0.490 e. The van der Waals surface area contributed by atoms with Gasteiger partial charge in [-0.1, -0.05) is 13.0 Å². The zero-order chi connectivity index (χ0) is 12.0. The molecule has 0 aliphatic heterocycles. The van der Waals surface area contributed by atoms with E-state index in [1.54, 1.807) is 12.1 Å². The number of hydrogen-bond acceptors (Lipinski definition) is 2. The van der Waals surface area contributed by atoms with E-state index in [0.29, 0.717) is 18.4 Å². The number of halogens is 1. The van der Waals surface area contributed by atoms with E-state index in [-0.39, 0.29) is 5.82 Å². The van der Waals surface area contributed by atoms with Crippen LogP contribution in [0.1, 0.15) is 25.8 Å². The predicted molar refractivity (Wildman–Crippen MR) is 64.4 cm³/mol. The fraction of sp³-hybridized carbons (Fsp3) is 0.538. The van der Waals surface area contributed by atoms with Crippen molar-refractivity contribution in [2.45, 2.75) is 33.2 Å². The number of nitrogens with one attached hydrogen (secondary N) is 1. The molecule has 2 nitrogen and oxygen atoms in total. The molecule has 0 amide bonds. The van der Waals surface area contributed by atoms with Crippen molar-refractivity contribution in [1.29, 1.82) is 0 Å². The minimum atomic E-state index is -0.290. The normalized spacial score (nSPS) is 12.5. The van der Waals surface area contributed by atoms with Gasteiger partial charge in [-0.25, -0.2) is 4.39 Å². The molecule has 0 saturated heterocycles. The Kier molecular flexibility index (Phi) is 5.26. The Hall–Kier alpha value is -1.09. The zero-order valence-corrected chi connectivity index (χ0v) is 10.2. The molecule has 90 valence electrons. The highest BCUT2D eigenvalue weighted by molar-refractivity contribution is 5.29. The third-order valence-corrected chi connectivity index (χ3v) is 2.45. The first-order valence-corrected chi connectivity index (χ1v) is 5.75. The molecular weight excluding hydrogens is 205 g/mol. The molecule has 1 atom stereocenters. The summed E-state index contributed by atoms with van der Waals surface area (Å²) < 4.78 is 18.7. The fourth-order valence-electron chi connectivity index (χ4n) is 1.52. The van der Waals surface area contributed by atoms with Gasteiger partial charge in [0.2, 0.25) is 0 Å². The Morgan fingerprint density at radius 1 is 1.44 bits per heavy atom. The standard InChI is InChI=1S/C13H20FNO/c1-4-15-11(3)7-8-16-13-9-10(2)5-6-12(13)14/h5-6,9,11,15H,4,7-8H2,1-3H3. The van der Waals surface area contributed by atoms with Crippen LogP contribution in [0.5, 0.6) is 5.75 Å². The number of benzene rings is 1. The van der Waals surface area contributed by atoms with Crippen molar-refractivity contribution < 1.29 is 9.13 Å². The summed E-state index contributed by atoms with van der Waals surface area (Å²) in [7, 11) is 0. The second kappa shape index (κ2) is 6.48. The van der Waals surface area contributed by atoms with E-state index < -0.39 is 0 Å². The van der Waals surface area contributed by atoms with Crippen molar-refractivity contribution in [3.8, 4) is 5.75 Å². The van der Waals surface area contributed by atoms with E-state index in [9.17, 15) is 4.39 Å². The van der Waals surface area contributed by atoms with Gasteiger partial charge in [-0.2, -0.15) is 0 Å². The van der Waals surface area contributed by atoms with Gasteiger partial charge in [0.1, 0.15) is 0 Å². The van der Waals surface area contributed by atoms with Crippen LogP contribution in [0.4, 0.5) is 4.39 Å². The summed E-state index contributed by atoms with van der Waals surface area (Å²) in [4.78, 5) is 0. The predicted octanol–water partition coefficient (Wildman–Crippen LogP) is 2.90. The Balaban J connectivity index is 2.39. The van der Waals surface area contributed by atoms with Gasteiger partial charge < -0.3 is 10.1 Å². The Morgan fingerprint density at radius 2 is 2.19 bits per heavy atom. The van der Waals surface area contributed by atoms with Crippen molar-refractivity contribution in [3.63, 3.8) is 0 Å². The largest absolute Gasteiger partial charge is 0.490 e. The Bertz CT molecular complexity index is 328. The molecule has 0 fully saturated rings. The van der Waals surface area contributed by atoms with Gasteiger partial charge in [0.15, 0.2) is 11.6 Å². The van der Waals surface area contributed by atoms with E-state index in [0.717, 1.165) is 18.5 Å². The van der Waals surface area contributed by atoms with Crippen molar-refractivity contribution in [3.05, 3.63) is 29.6 Å². The van der Waals surface area contributed by atoms with E-state index in [4.69, 9.17) is 4.74 Å². The van der Waals surface area contributed by atoms with Gasteiger partial charge in [-0.3, -0.25) is 0 Å². The molecule has 3 heteroatoms. The highest BCUT2D eigenvalue weighted by Gasteiger charge is 2.04. The summed E-state index contributed by atoms with van der Waals surface area (Å²) in [5.74, 6) is 0.0606.